The zero-order valence-electron chi connectivity index (χ0n) is 15.8. The molecule has 1 aromatic rings. The summed E-state index contributed by atoms with van der Waals surface area (Å²) in [6.45, 7) is 4.78. The summed E-state index contributed by atoms with van der Waals surface area (Å²) in [7, 11) is -3.56. The van der Waals surface area contributed by atoms with Gasteiger partial charge in [0.2, 0.25) is 15.9 Å². The third-order valence-corrected chi connectivity index (χ3v) is 7.69. The number of carbonyl (C=O) groups is 1. The summed E-state index contributed by atoms with van der Waals surface area (Å²) >= 11 is 6.23. The molecule has 0 saturated carbocycles. The van der Waals surface area contributed by atoms with E-state index in [1.165, 1.54) is 22.9 Å². The number of halogens is 1. The standard InChI is InChI=1S/C19H28ClN3O3S/c1-15(22-10-4-2-5-11-22)19(24)21-18-14-16(8-9-17(18)20)27(25,26)23-12-6-3-7-13-23/h8-9,14-15H,2-7,10-13H2,1H3,(H,21,24)/t15-/m1/s1. The number of hydrogen-bond acceptors (Lipinski definition) is 4. The van der Waals surface area contributed by atoms with Crippen LogP contribution in [0.15, 0.2) is 23.1 Å². The predicted molar refractivity (Wildman–Crippen MR) is 108 cm³/mol. The Morgan fingerprint density at radius 3 is 2.26 bits per heavy atom. The quantitative estimate of drug-likeness (QED) is 0.803. The molecule has 1 amide bonds. The Morgan fingerprint density at radius 2 is 1.63 bits per heavy atom. The van der Waals surface area contributed by atoms with E-state index in [4.69, 9.17) is 11.6 Å². The largest absolute Gasteiger partial charge is 0.323 e. The van der Waals surface area contributed by atoms with Crippen LogP contribution in [-0.2, 0) is 14.8 Å². The number of carbonyl (C=O) groups excluding carboxylic acids is 1. The Morgan fingerprint density at radius 1 is 1.04 bits per heavy atom. The highest BCUT2D eigenvalue weighted by Crippen LogP contribution is 2.28. The van der Waals surface area contributed by atoms with Gasteiger partial charge in [-0.2, -0.15) is 4.31 Å². The molecule has 0 unspecified atom stereocenters. The lowest BCUT2D eigenvalue weighted by molar-refractivity contribution is -0.121. The molecule has 0 aliphatic carbocycles. The number of hydrogen-bond donors (Lipinski definition) is 1. The van der Waals surface area contributed by atoms with E-state index in [-0.39, 0.29) is 16.8 Å². The molecule has 2 saturated heterocycles. The van der Waals surface area contributed by atoms with Crippen LogP contribution in [0, 0.1) is 0 Å². The van der Waals surface area contributed by atoms with Crippen molar-refractivity contribution in [3.63, 3.8) is 0 Å². The van der Waals surface area contributed by atoms with Gasteiger partial charge in [0.1, 0.15) is 0 Å². The predicted octanol–water partition coefficient (Wildman–Crippen LogP) is 3.33. The van der Waals surface area contributed by atoms with E-state index in [9.17, 15) is 13.2 Å². The van der Waals surface area contributed by atoms with Crippen LogP contribution in [0.5, 0.6) is 0 Å². The van der Waals surface area contributed by atoms with E-state index in [0.717, 1.165) is 45.2 Å². The molecule has 150 valence electrons. The number of anilines is 1. The van der Waals surface area contributed by atoms with Crippen molar-refractivity contribution in [2.24, 2.45) is 0 Å². The average molecular weight is 414 g/mol. The molecule has 2 fully saturated rings. The van der Waals surface area contributed by atoms with Crippen LogP contribution in [0.1, 0.15) is 45.4 Å². The van der Waals surface area contributed by atoms with Crippen molar-refractivity contribution in [2.45, 2.75) is 56.4 Å². The highest BCUT2D eigenvalue weighted by atomic mass is 35.5. The summed E-state index contributed by atoms with van der Waals surface area (Å²) < 4.78 is 27.3. The minimum atomic E-state index is -3.56. The molecule has 0 spiro atoms. The third kappa shape index (κ3) is 4.83. The first-order valence-corrected chi connectivity index (χ1v) is 11.6. The molecule has 1 atom stereocenters. The van der Waals surface area contributed by atoms with Gasteiger partial charge in [-0.15, -0.1) is 0 Å². The van der Waals surface area contributed by atoms with Crippen LogP contribution in [0.3, 0.4) is 0 Å². The molecule has 0 radical (unpaired) electrons. The number of sulfonamides is 1. The minimum absolute atomic E-state index is 0.161. The lowest BCUT2D eigenvalue weighted by atomic mass is 10.1. The highest BCUT2D eigenvalue weighted by molar-refractivity contribution is 7.89. The molecule has 27 heavy (non-hydrogen) atoms. The maximum Gasteiger partial charge on any atom is 0.243 e. The van der Waals surface area contributed by atoms with Gasteiger partial charge in [-0.3, -0.25) is 9.69 Å². The van der Waals surface area contributed by atoms with E-state index in [2.05, 4.69) is 10.2 Å². The normalized spacial score (nSPS) is 21.0. The SMILES string of the molecule is C[C@H](C(=O)Nc1cc(S(=O)(=O)N2CCCCC2)ccc1Cl)N1CCCCC1. The summed E-state index contributed by atoms with van der Waals surface area (Å²) in [5, 5.41) is 3.17. The highest BCUT2D eigenvalue weighted by Gasteiger charge is 2.28. The Kier molecular flexibility index (Phi) is 6.78. The number of benzene rings is 1. The molecule has 3 rings (SSSR count). The minimum Gasteiger partial charge on any atom is -0.323 e. The van der Waals surface area contributed by atoms with Crippen LogP contribution in [0.4, 0.5) is 5.69 Å². The summed E-state index contributed by atoms with van der Waals surface area (Å²) in [6, 6.07) is 4.26. The molecule has 6 nitrogen and oxygen atoms in total. The fourth-order valence-electron chi connectivity index (χ4n) is 3.72. The number of nitrogens with zero attached hydrogens (tertiary/aromatic N) is 2. The van der Waals surface area contributed by atoms with Gasteiger partial charge in [-0.25, -0.2) is 8.42 Å². The van der Waals surface area contributed by atoms with E-state index in [1.54, 1.807) is 6.07 Å². The molecular weight excluding hydrogens is 386 g/mol. The monoisotopic (exact) mass is 413 g/mol. The van der Waals surface area contributed by atoms with E-state index >= 15 is 0 Å². The first kappa shape index (κ1) is 20.6. The average Bonchev–Trinajstić information content (AvgIpc) is 2.70. The summed E-state index contributed by atoms with van der Waals surface area (Å²) in [5.41, 5.74) is 0.351. The fraction of sp³-hybridized carbons (Fsp3) is 0.632. The molecule has 1 N–H and O–H groups in total. The Hall–Kier alpha value is -1.15. The number of rotatable bonds is 5. The summed E-state index contributed by atoms with van der Waals surface area (Å²) in [5.74, 6) is -0.161. The number of amides is 1. The summed E-state index contributed by atoms with van der Waals surface area (Å²) in [6.07, 6.45) is 6.22. The van der Waals surface area contributed by atoms with Gasteiger partial charge < -0.3 is 5.32 Å². The van der Waals surface area contributed by atoms with E-state index in [1.807, 2.05) is 6.92 Å². The van der Waals surface area contributed by atoms with Crippen molar-refractivity contribution < 1.29 is 13.2 Å². The molecule has 8 heteroatoms. The van der Waals surface area contributed by atoms with Crippen LogP contribution in [0.2, 0.25) is 5.02 Å². The lowest BCUT2D eigenvalue weighted by Crippen LogP contribution is -2.44. The first-order valence-electron chi connectivity index (χ1n) is 9.74. The van der Waals surface area contributed by atoms with Crippen LogP contribution in [0.25, 0.3) is 0 Å². The van der Waals surface area contributed by atoms with Gasteiger partial charge in [0.05, 0.1) is 21.6 Å². The van der Waals surface area contributed by atoms with Gasteiger partial charge in [0.25, 0.3) is 0 Å². The van der Waals surface area contributed by atoms with Gasteiger partial charge in [-0.1, -0.05) is 24.4 Å². The Balaban J connectivity index is 1.75. The number of nitrogens with one attached hydrogen (secondary N) is 1. The van der Waals surface area contributed by atoms with Crippen molar-refractivity contribution in [1.29, 1.82) is 0 Å². The number of piperidine rings is 2. The maximum atomic E-state index is 12.9. The third-order valence-electron chi connectivity index (χ3n) is 5.47. The Bertz CT molecular complexity index is 772. The second-order valence-electron chi connectivity index (χ2n) is 7.37. The summed E-state index contributed by atoms with van der Waals surface area (Å²) in [4.78, 5) is 15.0. The number of likely N-dealkylation sites (tertiary alicyclic amines) is 1. The van der Waals surface area contributed by atoms with Crippen molar-refractivity contribution in [1.82, 2.24) is 9.21 Å². The second-order valence-corrected chi connectivity index (χ2v) is 9.71. The van der Waals surface area contributed by atoms with E-state index in [0.29, 0.717) is 23.8 Å². The first-order chi connectivity index (χ1) is 12.9. The van der Waals surface area contributed by atoms with Crippen molar-refractivity contribution in [2.75, 3.05) is 31.5 Å². The van der Waals surface area contributed by atoms with Crippen molar-refractivity contribution in [3.8, 4) is 0 Å². The zero-order chi connectivity index (χ0) is 19.4. The van der Waals surface area contributed by atoms with E-state index < -0.39 is 10.0 Å². The molecule has 0 aromatic heterocycles. The maximum absolute atomic E-state index is 12.9. The van der Waals surface area contributed by atoms with Gasteiger partial charge in [-0.05, 0) is 63.9 Å². The molecule has 2 heterocycles. The van der Waals surface area contributed by atoms with Crippen LogP contribution < -0.4 is 5.32 Å². The van der Waals surface area contributed by atoms with Gasteiger partial charge in [0, 0.05) is 13.1 Å². The molecule has 0 bridgehead atoms. The molecule has 2 aliphatic heterocycles. The van der Waals surface area contributed by atoms with Gasteiger partial charge >= 0.3 is 0 Å². The second kappa shape index (κ2) is 8.90. The van der Waals surface area contributed by atoms with Crippen molar-refractivity contribution >= 4 is 33.2 Å². The topological polar surface area (TPSA) is 69.7 Å². The molecule has 2 aliphatic rings. The Labute approximate surface area is 166 Å². The smallest absolute Gasteiger partial charge is 0.243 e. The van der Waals surface area contributed by atoms with Gasteiger partial charge in [0.15, 0.2) is 0 Å². The molecular formula is C19H28ClN3O3S. The molecule has 1 aromatic carbocycles. The fourth-order valence-corrected chi connectivity index (χ4v) is 5.43. The zero-order valence-corrected chi connectivity index (χ0v) is 17.4. The van der Waals surface area contributed by atoms with Crippen LogP contribution in [-0.4, -0.2) is 55.8 Å². The van der Waals surface area contributed by atoms with Crippen molar-refractivity contribution in [3.05, 3.63) is 23.2 Å². The van der Waals surface area contributed by atoms with Crippen LogP contribution >= 0.6 is 11.6 Å². The lowest BCUT2D eigenvalue weighted by Gasteiger charge is -2.31.